The second kappa shape index (κ2) is 7.79. The molecule has 2 aromatic carbocycles. The van der Waals surface area contributed by atoms with E-state index >= 15 is 0 Å². The Morgan fingerprint density at radius 2 is 1.66 bits per heavy atom. The van der Waals surface area contributed by atoms with E-state index in [9.17, 15) is 4.79 Å². The summed E-state index contributed by atoms with van der Waals surface area (Å²) < 4.78 is 18.2. The maximum atomic E-state index is 12.8. The van der Waals surface area contributed by atoms with E-state index in [2.05, 4.69) is 5.10 Å². The number of aromatic nitrogens is 2. The molecule has 0 N–H and O–H groups in total. The third kappa shape index (κ3) is 3.44. The number of ether oxygens (including phenoxy) is 3. The first-order valence-corrected chi connectivity index (χ1v) is 9.59. The molecule has 1 atom stereocenters. The van der Waals surface area contributed by atoms with Crippen LogP contribution in [0.4, 0.5) is 0 Å². The summed E-state index contributed by atoms with van der Waals surface area (Å²) in [5.74, 6) is 1.74. The van der Waals surface area contributed by atoms with Crippen LogP contribution in [0.1, 0.15) is 34.0 Å². The number of ketones is 1. The fraction of sp³-hybridized carbons (Fsp3) is 0.273. The van der Waals surface area contributed by atoms with Crippen molar-refractivity contribution in [3.05, 3.63) is 64.4 Å². The molecule has 1 aliphatic rings. The van der Waals surface area contributed by atoms with Gasteiger partial charge in [0, 0.05) is 11.4 Å². The highest BCUT2D eigenvalue weighted by molar-refractivity contribution is 6.30. The Hall–Kier alpha value is -2.99. The molecular formula is C22H21ClN2O4. The number of Topliss-reactive ketones (excluding diaryl/α,β-unsaturated/α-hetero) is 1. The summed E-state index contributed by atoms with van der Waals surface area (Å²) in [5.41, 5.74) is 3.39. The Labute approximate surface area is 174 Å². The Morgan fingerprint density at radius 1 is 1.00 bits per heavy atom. The van der Waals surface area contributed by atoms with Crippen molar-refractivity contribution in [1.29, 1.82) is 0 Å². The van der Waals surface area contributed by atoms with Crippen molar-refractivity contribution < 1.29 is 19.0 Å². The molecule has 29 heavy (non-hydrogen) atoms. The van der Waals surface area contributed by atoms with Crippen LogP contribution in [0.5, 0.6) is 17.2 Å². The number of carbonyl (C=O) groups excluding carboxylic acids is 1. The zero-order valence-corrected chi connectivity index (χ0v) is 17.2. The summed E-state index contributed by atoms with van der Waals surface area (Å²) in [6, 6.07) is 11.2. The van der Waals surface area contributed by atoms with E-state index in [0.717, 1.165) is 16.9 Å². The van der Waals surface area contributed by atoms with Gasteiger partial charge in [-0.2, -0.15) is 5.10 Å². The van der Waals surface area contributed by atoms with Gasteiger partial charge in [0.2, 0.25) is 5.75 Å². The minimum Gasteiger partial charge on any atom is -0.493 e. The first kappa shape index (κ1) is 19.3. The number of methoxy groups -OCH3 is 3. The molecule has 0 saturated heterocycles. The minimum atomic E-state index is -0.0218. The SMILES string of the molecule is COc1cc([C@H]2CC(=O)c3cnn(-c4ccc(Cl)cc4)c3C2)cc(OC)c1OC. The number of benzene rings is 2. The first-order chi connectivity index (χ1) is 14.0. The summed E-state index contributed by atoms with van der Waals surface area (Å²) >= 11 is 6.01. The van der Waals surface area contributed by atoms with Gasteiger partial charge in [-0.1, -0.05) is 11.6 Å². The average molecular weight is 413 g/mol. The largest absolute Gasteiger partial charge is 0.493 e. The van der Waals surface area contributed by atoms with Crippen molar-refractivity contribution in [3.63, 3.8) is 0 Å². The average Bonchev–Trinajstić information content (AvgIpc) is 3.17. The summed E-state index contributed by atoms with van der Waals surface area (Å²) in [4.78, 5) is 12.8. The van der Waals surface area contributed by atoms with Crippen LogP contribution in [0.2, 0.25) is 5.02 Å². The van der Waals surface area contributed by atoms with E-state index in [4.69, 9.17) is 25.8 Å². The molecular weight excluding hydrogens is 392 g/mol. The van der Waals surface area contributed by atoms with Crippen LogP contribution < -0.4 is 14.2 Å². The zero-order valence-electron chi connectivity index (χ0n) is 16.4. The molecule has 0 aliphatic heterocycles. The molecule has 1 aliphatic carbocycles. The predicted molar refractivity (Wildman–Crippen MR) is 110 cm³/mol. The molecule has 0 radical (unpaired) electrons. The van der Waals surface area contributed by atoms with Gasteiger partial charge in [0.1, 0.15) is 0 Å². The molecule has 6 nitrogen and oxygen atoms in total. The first-order valence-electron chi connectivity index (χ1n) is 9.21. The second-order valence-corrected chi connectivity index (χ2v) is 7.32. The molecule has 0 spiro atoms. The lowest BCUT2D eigenvalue weighted by Crippen LogP contribution is -2.20. The van der Waals surface area contributed by atoms with Crippen molar-refractivity contribution in [2.75, 3.05) is 21.3 Å². The Morgan fingerprint density at radius 3 is 2.24 bits per heavy atom. The maximum Gasteiger partial charge on any atom is 0.203 e. The Kier molecular flexibility index (Phi) is 5.20. The number of halogens is 1. The lowest BCUT2D eigenvalue weighted by molar-refractivity contribution is 0.0963. The fourth-order valence-electron chi connectivity index (χ4n) is 3.82. The van der Waals surface area contributed by atoms with Gasteiger partial charge in [-0.25, -0.2) is 4.68 Å². The van der Waals surface area contributed by atoms with Gasteiger partial charge in [0.15, 0.2) is 17.3 Å². The van der Waals surface area contributed by atoms with E-state index in [1.54, 1.807) is 27.5 Å². The van der Waals surface area contributed by atoms with E-state index < -0.39 is 0 Å². The molecule has 0 unspecified atom stereocenters. The Balaban J connectivity index is 1.75. The topological polar surface area (TPSA) is 62.6 Å². The quantitative estimate of drug-likeness (QED) is 0.619. The third-order valence-electron chi connectivity index (χ3n) is 5.27. The normalized spacial score (nSPS) is 15.7. The lowest BCUT2D eigenvalue weighted by Gasteiger charge is -2.24. The van der Waals surface area contributed by atoms with Crippen molar-refractivity contribution in [1.82, 2.24) is 9.78 Å². The lowest BCUT2D eigenvalue weighted by atomic mass is 9.82. The van der Waals surface area contributed by atoms with Crippen LogP contribution in [-0.4, -0.2) is 36.9 Å². The van der Waals surface area contributed by atoms with Crippen LogP contribution >= 0.6 is 11.6 Å². The second-order valence-electron chi connectivity index (χ2n) is 6.88. The number of nitrogens with zero attached hydrogens (tertiary/aromatic N) is 2. The summed E-state index contributed by atoms with van der Waals surface area (Å²) in [7, 11) is 4.74. The van der Waals surface area contributed by atoms with Gasteiger partial charge in [0.25, 0.3) is 0 Å². The highest BCUT2D eigenvalue weighted by Crippen LogP contribution is 2.43. The van der Waals surface area contributed by atoms with Gasteiger partial charge in [0.05, 0.1) is 44.5 Å². The van der Waals surface area contributed by atoms with E-state index in [1.165, 1.54) is 0 Å². The van der Waals surface area contributed by atoms with Crippen LogP contribution in [0.3, 0.4) is 0 Å². The van der Waals surface area contributed by atoms with Crippen molar-refractivity contribution in [2.24, 2.45) is 0 Å². The van der Waals surface area contributed by atoms with E-state index in [0.29, 0.717) is 40.7 Å². The van der Waals surface area contributed by atoms with Crippen molar-refractivity contribution in [3.8, 4) is 22.9 Å². The number of rotatable bonds is 5. The van der Waals surface area contributed by atoms with Gasteiger partial charge in [-0.3, -0.25) is 4.79 Å². The zero-order chi connectivity index (χ0) is 20.5. The molecule has 3 aromatic rings. The highest BCUT2D eigenvalue weighted by atomic mass is 35.5. The summed E-state index contributed by atoms with van der Waals surface area (Å²) in [6.45, 7) is 0. The molecule has 0 amide bonds. The number of fused-ring (bicyclic) bond motifs is 1. The Bertz CT molecular complexity index is 1030. The van der Waals surface area contributed by atoms with Gasteiger partial charge < -0.3 is 14.2 Å². The fourth-order valence-corrected chi connectivity index (χ4v) is 3.95. The minimum absolute atomic E-state index is 0.0218. The monoisotopic (exact) mass is 412 g/mol. The smallest absolute Gasteiger partial charge is 0.203 e. The van der Waals surface area contributed by atoms with Crippen LogP contribution in [0.25, 0.3) is 5.69 Å². The third-order valence-corrected chi connectivity index (χ3v) is 5.52. The van der Waals surface area contributed by atoms with Gasteiger partial charge >= 0.3 is 0 Å². The van der Waals surface area contributed by atoms with E-state index in [1.807, 2.05) is 41.1 Å². The molecule has 0 bridgehead atoms. The van der Waals surface area contributed by atoms with Gasteiger partial charge in [-0.05, 0) is 54.3 Å². The molecule has 1 aromatic heterocycles. The summed E-state index contributed by atoms with van der Waals surface area (Å²) in [6.07, 6.45) is 2.72. The molecule has 1 heterocycles. The predicted octanol–water partition coefficient (Wildman–Crippen LogP) is 4.46. The number of carbonyl (C=O) groups is 1. The molecule has 0 saturated carbocycles. The van der Waals surface area contributed by atoms with E-state index in [-0.39, 0.29) is 11.7 Å². The molecule has 4 rings (SSSR count). The van der Waals surface area contributed by atoms with Crippen molar-refractivity contribution >= 4 is 17.4 Å². The molecule has 0 fully saturated rings. The molecule has 150 valence electrons. The number of hydrogen-bond donors (Lipinski definition) is 0. The van der Waals surface area contributed by atoms with Crippen LogP contribution in [0, 0.1) is 0 Å². The van der Waals surface area contributed by atoms with Gasteiger partial charge in [-0.15, -0.1) is 0 Å². The maximum absolute atomic E-state index is 12.8. The van der Waals surface area contributed by atoms with Crippen molar-refractivity contribution in [2.45, 2.75) is 18.8 Å². The van der Waals surface area contributed by atoms with Crippen LogP contribution in [-0.2, 0) is 6.42 Å². The number of hydrogen-bond acceptors (Lipinski definition) is 5. The summed E-state index contributed by atoms with van der Waals surface area (Å²) in [5, 5.41) is 5.11. The highest BCUT2D eigenvalue weighted by Gasteiger charge is 2.31. The molecule has 7 heteroatoms. The van der Waals surface area contributed by atoms with Crippen LogP contribution in [0.15, 0.2) is 42.6 Å². The standard InChI is InChI=1S/C22H21ClN2O4/c1-27-20-10-14(11-21(28-2)22(20)29-3)13-8-18-17(19(26)9-13)12-24-25(18)16-6-4-15(23)5-7-16/h4-7,10-13H,8-9H2,1-3H3/t13-/m1/s1.